The SMILES string of the molecule is CCOc1ccc(/C=N\OCC(=O)N2CCN(c3ccc(OC)cc3)CC2)cc1. The summed E-state index contributed by atoms with van der Waals surface area (Å²) in [6.45, 7) is 5.41. The molecule has 7 nitrogen and oxygen atoms in total. The molecule has 0 spiro atoms. The number of amides is 1. The summed E-state index contributed by atoms with van der Waals surface area (Å²) in [5, 5.41) is 3.90. The summed E-state index contributed by atoms with van der Waals surface area (Å²) in [5.41, 5.74) is 2.02. The number of oxime groups is 1. The highest BCUT2D eigenvalue weighted by molar-refractivity contribution is 5.80. The molecule has 1 fully saturated rings. The van der Waals surface area contributed by atoms with Gasteiger partial charge in [-0.25, -0.2) is 0 Å². The molecule has 3 rings (SSSR count). The molecule has 0 unspecified atom stereocenters. The maximum atomic E-state index is 12.3. The molecule has 154 valence electrons. The van der Waals surface area contributed by atoms with Crippen molar-refractivity contribution in [3.05, 3.63) is 54.1 Å². The van der Waals surface area contributed by atoms with E-state index in [4.69, 9.17) is 14.3 Å². The minimum absolute atomic E-state index is 0.0526. The van der Waals surface area contributed by atoms with E-state index in [1.807, 2.05) is 60.4 Å². The van der Waals surface area contributed by atoms with Crippen LogP contribution in [0, 0.1) is 0 Å². The van der Waals surface area contributed by atoms with Gasteiger partial charge in [0.15, 0.2) is 6.61 Å². The first-order valence-electron chi connectivity index (χ1n) is 9.74. The molecule has 2 aromatic rings. The van der Waals surface area contributed by atoms with Crippen LogP contribution in [-0.4, -0.2) is 63.5 Å². The number of hydrogen-bond donors (Lipinski definition) is 0. The Hall–Kier alpha value is -3.22. The second kappa shape index (κ2) is 10.4. The predicted molar refractivity (Wildman–Crippen MR) is 113 cm³/mol. The Kier molecular flexibility index (Phi) is 7.33. The van der Waals surface area contributed by atoms with E-state index >= 15 is 0 Å². The minimum atomic E-state index is -0.0595. The first-order valence-corrected chi connectivity index (χ1v) is 9.74. The van der Waals surface area contributed by atoms with Crippen molar-refractivity contribution in [2.75, 3.05) is 51.4 Å². The van der Waals surface area contributed by atoms with Crippen LogP contribution in [0.3, 0.4) is 0 Å². The molecule has 1 amide bonds. The number of rotatable bonds is 8. The van der Waals surface area contributed by atoms with Crippen LogP contribution in [0.15, 0.2) is 53.7 Å². The van der Waals surface area contributed by atoms with Crippen molar-refractivity contribution < 1.29 is 19.1 Å². The minimum Gasteiger partial charge on any atom is -0.497 e. The van der Waals surface area contributed by atoms with Crippen molar-refractivity contribution in [1.82, 2.24) is 4.90 Å². The molecule has 1 heterocycles. The number of hydrogen-bond acceptors (Lipinski definition) is 6. The van der Waals surface area contributed by atoms with Crippen LogP contribution in [0.5, 0.6) is 11.5 Å². The molecular formula is C22H27N3O4. The smallest absolute Gasteiger partial charge is 0.263 e. The molecule has 7 heteroatoms. The second-order valence-corrected chi connectivity index (χ2v) is 6.58. The van der Waals surface area contributed by atoms with Crippen LogP contribution in [0.1, 0.15) is 12.5 Å². The molecule has 0 saturated carbocycles. The Morgan fingerprint density at radius 2 is 1.66 bits per heavy atom. The number of carbonyl (C=O) groups is 1. The van der Waals surface area contributed by atoms with Crippen molar-refractivity contribution in [3.63, 3.8) is 0 Å². The number of carbonyl (C=O) groups excluding carboxylic acids is 1. The molecular weight excluding hydrogens is 370 g/mol. The maximum absolute atomic E-state index is 12.3. The Labute approximate surface area is 171 Å². The standard InChI is InChI=1S/C22H27N3O4/c1-3-28-21-8-4-18(5-9-21)16-23-29-17-22(26)25-14-12-24(13-15-25)19-6-10-20(27-2)11-7-19/h4-11,16H,3,12-15,17H2,1-2H3/b23-16-. The number of ether oxygens (including phenoxy) is 2. The Morgan fingerprint density at radius 3 is 2.28 bits per heavy atom. The van der Waals surface area contributed by atoms with Crippen LogP contribution in [0.25, 0.3) is 0 Å². The van der Waals surface area contributed by atoms with E-state index in [2.05, 4.69) is 10.1 Å². The summed E-state index contributed by atoms with van der Waals surface area (Å²) in [6, 6.07) is 15.5. The number of anilines is 1. The summed E-state index contributed by atoms with van der Waals surface area (Å²) in [4.78, 5) is 21.6. The molecule has 1 saturated heterocycles. The van der Waals surface area contributed by atoms with Gasteiger partial charge >= 0.3 is 0 Å². The molecule has 1 aliphatic rings. The van der Waals surface area contributed by atoms with E-state index in [9.17, 15) is 4.79 Å². The molecule has 0 N–H and O–H groups in total. The molecule has 0 aliphatic carbocycles. The first kappa shape index (κ1) is 20.5. The van der Waals surface area contributed by atoms with Gasteiger partial charge in [0, 0.05) is 31.9 Å². The lowest BCUT2D eigenvalue weighted by Gasteiger charge is -2.35. The molecule has 0 aromatic heterocycles. The van der Waals surface area contributed by atoms with Gasteiger partial charge in [0.1, 0.15) is 11.5 Å². The Bertz CT molecular complexity index is 798. The number of nitrogens with zero attached hydrogens (tertiary/aromatic N) is 3. The lowest BCUT2D eigenvalue weighted by molar-refractivity contribution is -0.136. The first-order chi connectivity index (χ1) is 14.2. The number of methoxy groups -OCH3 is 1. The van der Waals surface area contributed by atoms with Gasteiger partial charge in [0.2, 0.25) is 0 Å². The molecule has 2 aromatic carbocycles. The molecule has 0 bridgehead atoms. The van der Waals surface area contributed by atoms with Crippen molar-refractivity contribution in [2.45, 2.75) is 6.92 Å². The van der Waals surface area contributed by atoms with Gasteiger partial charge in [-0.05, 0) is 61.0 Å². The predicted octanol–water partition coefficient (Wildman–Crippen LogP) is 2.79. The van der Waals surface area contributed by atoms with Gasteiger partial charge in [-0.1, -0.05) is 5.16 Å². The van der Waals surface area contributed by atoms with Crippen LogP contribution in [0.4, 0.5) is 5.69 Å². The van der Waals surface area contributed by atoms with Crippen LogP contribution < -0.4 is 14.4 Å². The Balaban J connectivity index is 1.40. The lowest BCUT2D eigenvalue weighted by Crippen LogP contribution is -2.49. The van der Waals surface area contributed by atoms with Gasteiger partial charge in [0.25, 0.3) is 5.91 Å². The third-order valence-electron chi connectivity index (χ3n) is 4.73. The van der Waals surface area contributed by atoms with Crippen LogP contribution in [0.2, 0.25) is 0 Å². The maximum Gasteiger partial charge on any atom is 0.263 e. The van der Waals surface area contributed by atoms with E-state index in [1.165, 1.54) is 0 Å². The topological polar surface area (TPSA) is 63.6 Å². The summed E-state index contributed by atoms with van der Waals surface area (Å²) in [6.07, 6.45) is 1.59. The average Bonchev–Trinajstić information content (AvgIpc) is 2.78. The highest BCUT2D eigenvalue weighted by Crippen LogP contribution is 2.20. The van der Waals surface area contributed by atoms with E-state index in [-0.39, 0.29) is 12.5 Å². The molecule has 1 aliphatic heterocycles. The average molecular weight is 397 g/mol. The fourth-order valence-corrected chi connectivity index (χ4v) is 3.11. The highest BCUT2D eigenvalue weighted by atomic mass is 16.6. The van der Waals surface area contributed by atoms with Crippen molar-refractivity contribution in [1.29, 1.82) is 0 Å². The summed E-state index contributed by atoms with van der Waals surface area (Å²) in [5.74, 6) is 1.60. The fourth-order valence-electron chi connectivity index (χ4n) is 3.11. The highest BCUT2D eigenvalue weighted by Gasteiger charge is 2.21. The third kappa shape index (κ3) is 5.88. The zero-order chi connectivity index (χ0) is 20.5. The van der Waals surface area contributed by atoms with Gasteiger partial charge in [-0.2, -0.15) is 0 Å². The van der Waals surface area contributed by atoms with E-state index in [0.29, 0.717) is 19.7 Å². The monoisotopic (exact) mass is 397 g/mol. The van der Waals surface area contributed by atoms with Crippen molar-refractivity contribution in [2.24, 2.45) is 5.16 Å². The fraction of sp³-hybridized carbons (Fsp3) is 0.364. The quantitative estimate of drug-likeness (QED) is 0.506. The van der Waals surface area contributed by atoms with Crippen molar-refractivity contribution >= 4 is 17.8 Å². The largest absolute Gasteiger partial charge is 0.497 e. The van der Waals surface area contributed by atoms with Gasteiger partial charge < -0.3 is 24.1 Å². The van der Waals surface area contributed by atoms with Crippen LogP contribution in [-0.2, 0) is 9.63 Å². The van der Waals surface area contributed by atoms with Gasteiger partial charge in [0.05, 0.1) is 19.9 Å². The van der Waals surface area contributed by atoms with Gasteiger partial charge in [-0.15, -0.1) is 0 Å². The summed E-state index contributed by atoms with van der Waals surface area (Å²) >= 11 is 0. The zero-order valence-corrected chi connectivity index (χ0v) is 16.9. The molecule has 29 heavy (non-hydrogen) atoms. The van der Waals surface area contributed by atoms with E-state index in [0.717, 1.165) is 35.8 Å². The zero-order valence-electron chi connectivity index (χ0n) is 16.9. The number of benzene rings is 2. The second-order valence-electron chi connectivity index (χ2n) is 6.58. The van der Waals surface area contributed by atoms with Crippen molar-refractivity contribution in [3.8, 4) is 11.5 Å². The van der Waals surface area contributed by atoms with Crippen LogP contribution >= 0.6 is 0 Å². The van der Waals surface area contributed by atoms with E-state index in [1.54, 1.807) is 13.3 Å². The van der Waals surface area contributed by atoms with Gasteiger partial charge in [-0.3, -0.25) is 4.79 Å². The third-order valence-corrected chi connectivity index (χ3v) is 4.73. The lowest BCUT2D eigenvalue weighted by atomic mass is 10.2. The Morgan fingerprint density at radius 1 is 1.00 bits per heavy atom. The molecule has 0 radical (unpaired) electrons. The summed E-state index contributed by atoms with van der Waals surface area (Å²) in [7, 11) is 1.66. The number of piperazine rings is 1. The summed E-state index contributed by atoms with van der Waals surface area (Å²) < 4.78 is 10.6. The normalized spacial score (nSPS) is 14.1. The van der Waals surface area contributed by atoms with E-state index < -0.39 is 0 Å². The molecule has 0 atom stereocenters.